The van der Waals surface area contributed by atoms with Crippen LogP contribution in [0.4, 0.5) is 0 Å². The van der Waals surface area contributed by atoms with Gasteiger partial charge in [0.15, 0.2) is 0 Å². The van der Waals surface area contributed by atoms with Gasteiger partial charge in [0.25, 0.3) is 0 Å². The van der Waals surface area contributed by atoms with Crippen molar-refractivity contribution < 1.29 is 4.74 Å². The smallest absolute Gasteiger partial charge is 0.0954 e. The molecular formula is C15H22N4OS. The highest BCUT2D eigenvalue weighted by molar-refractivity contribution is 7.09. The zero-order valence-corrected chi connectivity index (χ0v) is 13.2. The van der Waals surface area contributed by atoms with Crippen LogP contribution in [0.2, 0.25) is 0 Å². The molecule has 6 heteroatoms. The van der Waals surface area contributed by atoms with Gasteiger partial charge in [0.1, 0.15) is 0 Å². The second-order valence-corrected chi connectivity index (χ2v) is 6.43. The highest BCUT2D eigenvalue weighted by Crippen LogP contribution is 2.17. The van der Waals surface area contributed by atoms with Crippen LogP contribution in [0.25, 0.3) is 0 Å². The molecule has 0 bridgehead atoms. The van der Waals surface area contributed by atoms with E-state index in [0.29, 0.717) is 0 Å². The van der Waals surface area contributed by atoms with Gasteiger partial charge in [0.2, 0.25) is 0 Å². The zero-order valence-electron chi connectivity index (χ0n) is 12.4. The quantitative estimate of drug-likeness (QED) is 0.888. The molecule has 3 rings (SSSR count). The maximum absolute atomic E-state index is 5.88. The number of H-pyrrole nitrogens is 1. The van der Waals surface area contributed by atoms with E-state index in [1.54, 1.807) is 17.5 Å². The van der Waals surface area contributed by atoms with Crippen LogP contribution >= 0.6 is 11.3 Å². The van der Waals surface area contributed by atoms with E-state index in [9.17, 15) is 0 Å². The molecule has 0 aromatic carbocycles. The number of rotatable bonds is 6. The fourth-order valence-electron chi connectivity index (χ4n) is 2.72. The molecule has 2 aromatic heterocycles. The molecule has 1 unspecified atom stereocenters. The van der Waals surface area contributed by atoms with Crippen LogP contribution in [0, 0.1) is 0 Å². The van der Waals surface area contributed by atoms with E-state index in [0.717, 1.165) is 43.9 Å². The number of ether oxygens (including phenoxy) is 1. The summed E-state index contributed by atoms with van der Waals surface area (Å²) in [5.41, 5.74) is 2.22. The Morgan fingerprint density at radius 3 is 3.29 bits per heavy atom. The Morgan fingerprint density at radius 1 is 1.52 bits per heavy atom. The Bertz CT molecular complexity index is 538. The van der Waals surface area contributed by atoms with Crippen LogP contribution in [0.1, 0.15) is 29.7 Å². The number of morpholine rings is 1. The van der Waals surface area contributed by atoms with Crippen molar-refractivity contribution >= 4 is 11.3 Å². The molecule has 5 nitrogen and oxygen atoms in total. The van der Waals surface area contributed by atoms with Crippen molar-refractivity contribution in [3.05, 3.63) is 34.0 Å². The van der Waals surface area contributed by atoms with Crippen LogP contribution in [-0.4, -0.2) is 52.4 Å². The first-order chi connectivity index (χ1) is 10.3. The van der Waals surface area contributed by atoms with E-state index in [-0.39, 0.29) is 6.10 Å². The minimum Gasteiger partial charge on any atom is -0.375 e. The molecule has 0 saturated carbocycles. The molecule has 3 heterocycles. The van der Waals surface area contributed by atoms with Gasteiger partial charge in [-0.25, -0.2) is 4.98 Å². The summed E-state index contributed by atoms with van der Waals surface area (Å²) in [6.45, 7) is 6.34. The summed E-state index contributed by atoms with van der Waals surface area (Å²) < 4.78 is 5.88. The summed E-state index contributed by atoms with van der Waals surface area (Å²) in [4.78, 5) is 7.22. The normalized spacial score (nSPS) is 20.0. The minimum absolute atomic E-state index is 0.288. The molecule has 1 aliphatic rings. The van der Waals surface area contributed by atoms with E-state index >= 15 is 0 Å². The summed E-state index contributed by atoms with van der Waals surface area (Å²) in [5, 5.41) is 10.3. The molecule has 1 fully saturated rings. The van der Waals surface area contributed by atoms with Gasteiger partial charge in [-0.2, -0.15) is 5.10 Å². The minimum atomic E-state index is 0.288. The van der Waals surface area contributed by atoms with Gasteiger partial charge in [-0.05, 0) is 19.0 Å². The predicted octanol–water partition coefficient (Wildman–Crippen LogP) is 2.11. The van der Waals surface area contributed by atoms with Crippen LogP contribution < -0.4 is 0 Å². The first-order valence-corrected chi connectivity index (χ1v) is 8.47. The van der Waals surface area contributed by atoms with Gasteiger partial charge in [0.05, 0.1) is 23.4 Å². The van der Waals surface area contributed by atoms with Gasteiger partial charge < -0.3 is 4.74 Å². The lowest BCUT2D eigenvalue weighted by Crippen LogP contribution is -2.43. The monoisotopic (exact) mass is 306 g/mol. The van der Waals surface area contributed by atoms with Gasteiger partial charge in [0, 0.05) is 43.2 Å². The van der Waals surface area contributed by atoms with Crippen molar-refractivity contribution in [2.75, 3.05) is 26.2 Å². The first-order valence-electron chi connectivity index (χ1n) is 7.59. The SMILES string of the molecule is CCCN1CCOC(Cc2nc(Cc3ccn[nH]3)cs2)C1. The molecule has 1 saturated heterocycles. The number of nitrogens with one attached hydrogen (secondary N) is 1. The Balaban J connectivity index is 1.54. The molecule has 0 aliphatic carbocycles. The van der Waals surface area contributed by atoms with E-state index in [1.165, 1.54) is 18.0 Å². The van der Waals surface area contributed by atoms with Crippen LogP contribution in [0.3, 0.4) is 0 Å². The highest BCUT2D eigenvalue weighted by atomic mass is 32.1. The highest BCUT2D eigenvalue weighted by Gasteiger charge is 2.21. The molecular weight excluding hydrogens is 284 g/mol. The van der Waals surface area contributed by atoms with Crippen LogP contribution in [-0.2, 0) is 17.6 Å². The van der Waals surface area contributed by atoms with Gasteiger partial charge in [-0.3, -0.25) is 10.00 Å². The van der Waals surface area contributed by atoms with Gasteiger partial charge in [-0.1, -0.05) is 6.92 Å². The number of nitrogens with zero attached hydrogens (tertiary/aromatic N) is 3. The number of thiazole rings is 1. The van der Waals surface area contributed by atoms with Crippen LogP contribution in [0.15, 0.2) is 17.6 Å². The number of hydrogen-bond acceptors (Lipinski definition) is 5. The van der Waals surface area contributed by atoms with Crippen molar-refractivity contribution in [1.82, 2.24) is 20.1 Å². The molecule has 2 aromatic rings. The fourth-order valence-corrected chi connectivity index (χ4v) is 3.58. The molecule has 1 N–H and O–H groups in total. The Labute approximate surface area is 129 Å². The Hall–Kier alpha value is -1.24. The second-order valence-electron chi connectivity index (χ2n) is 5.49. The van der Waals surface area contributed by atoms with E-state index < -0.39 is 0 Å². The van der Waals surface area contributed by atoms with E-state index in [2.05, 4.69) is 27.4 Å². The average molecular weight is 306 g/mol. The summed E-state index contributed by atoms with van der Waals surface area (Å²) in [6, 6.07) is 1.99. The Morgan fingerprint density at radius 2 is 2.48 bits per heavy atom. The van der Waals surface area contributed by atoms with Crippen molar-refractivity contribution in [2.24, 2.45) is 0 Å². The molecule has 1 aliphatic heterocycles. The van der Waals surface area contributed by atoms with E-state index in [1.807, 2.05) is 6.07 Å². The summed E-state index contributed by atoms with van der Waals surface area (Å²) in [7, 11) is 0. The zero-order chi connectivity index (χ0) is 14.5. The van der Waals surface area contributed by atoms with Crippen molar-refractivity contribution in [2.45, 2.75) is 32.3 Å². The van der Waals surface area contributed by atoms with Crippen molar-refractivity contribution in [3.63, 3.8) is 0 Å². The number of aromatic amines is 1. The maximum atomic E-state index is 5.88. The molecule has 114 valence electrons. The molecule has 1 atom stereocenters. The van der Waals surface area contributed by atoms with Crippen molar-refractivity contribution in [3.8, 4) is 0 Å². The number of aromatic nitrogens is 3. The summed E-state index contributed by atoms with van der Waals surface area (Å²) >= 11 is 1.74. The maximum Gasteiger partial charge on any atom is 0.0954 e. The lowest BCUT2D eigenvalue weighted by molar-refractivity contribution is -0.0274. The van der Waals surface area contributed by atoms with Gasteiger partial charge in [-0.15, -0.1) is 11.3 Å². The third-order valence-corrected chi connectivity index (χ3v) is 4.61. The third-order valence-electron chi connectivity index (χ3n) is 3.69. The summed E-state index contributed by atoms with van der Waals surface area (Å²) in [5.74, 6) is 0. The fraction of sp³-hybridized carbons (Fsp3) is 0.600. The van der Waals surface area contributed by atoms with E-state index in [4.69, 9.17) is 9.72 Å². The summed E-state index contributed by atoms with van der Waals surface area (Å²) in [6.07, 6.45) is 5.02. The topological polar surface area (TPSA) is 54.0 Å². The number of hydrogen-bond donors (Lipinski definition) is 1. The molecule has 21 heavy (non-hydrogen) atoms. The van der Waals surface area contributed by atoms with Crippen molar-refractivity contribution in [1.29, 1.82) is 0 Å². The first kappa shape index (κ1) is 14.7. The lowest BCUT2D eigenvalue weighted by atomic mass is 10.2. The molecule has 0 radical (unpaired) electrons. The molecule has 0 amide bonds. The van der Waals surface area contributed by atoms with Crippen LogP contribution in [0.5, 0.6) is 0 Å². The average Bonchev–Trinajstić information content (AvgIpc) is 3.12. The predicted molar refractivity (Wildman–Crippen MR) is 83.7 cm³/mol. The Kier molecular flexibility index (Phi) is 5.00. The molecule has 0 spiro atoms. The third kappa shape index (κ3) is 4.12. The largest absolute Gasteiger partial charge is 0.375 e. The van der Waals surface area contributed by atoms with Gasteiger partial charge >= 0.3 is 0 Å². The standard InChI is InChI=1S/C15H22N4OS/c1-2-5-19-6-7-20-14(10-19)9-15-17-13(11-21-15)8-12-3-4-16-18-12/h3-4,11,14H,2,5-10H2,1H3,(H,16,18). The second kappa shape index (κ2) is 7.15. The lowest BCUT2D eigenvalue weighted by Gasteiger charge is -2.32.